The molecule has 8 aromatic heterocycles. The molecule has 0 saturated carbocycles. The fraction of sp³-hybridized carbons (Fsp3) is 0. The van der Waals surface area contributed by atoms with Crippen molar-refractivity contribution in [1.82, 2.24) is 44.0 Å². The van der Waals surface area contributed by atoms with Gasteiger partial charge >= 0.3 is 0 Å². The number of hydrogen-bond acceptors (Lipinski definition) is 10. The number of fused-ring (bicyclic) bond motifs is 15. The lowest BCUT2D eigenvalue weighted by atomic mass is 10.0. The molecule has 0 spiro atoms. The van der Waals surface area contributed by atoms with Crippen LogP contribution in [0.2, 0.25) is 0 Å². The van der Waals surface area contributed by atoms with Gasteiger partial charge in [-0.3, -0.25) is 4.57 Å². The van der Waals surface area contributed by atoms with Crippen LogP contribution in [0.25, 0.3) is 212 Å². The first-order valence-corrected chi connectivity index (χ1v) is 35.6. The number of nitrogens with zero attached hydrogens (tertiary/aromatic N) is 9. The highest BCUT2D eigenvalue weighted by atomic mass is 16.3. The molecule has 0 aliphatic rings. The lowest BCUT2D eigenvalue weighted by Gasteiger charge is -2.12. The van der Waals surface area contributed by atoms with Gasteiger partial charge in [0.15, 0.2) is 34.9 Å². The second-order valence-corrected chi connectivity index (χ2v) is 26.7. The maximum atomic E-state index is 6.45. The third-order valence-corrected chi connectivity index (χ3v) is 20.4. The van der Waals surface area contributed by atoms with Crippen molar-refractivity contribution in [2.45, 2.75) is 0 Å². The first-order valence-electron chi connectivity index (χ1n) is 35.6. The molecular weight excluding hydrogens is 1320 g/mol. The van der Waals surface area contributed by atoms with E-state index in [9.17, 15) is 0 Å². The molecule has 0 fully saturated rings. The van der Waals surface area contributed by atoms with E-state index >= 15 is 0 Å². The Labute approximate surface area is 611 Å². The molecule has 14 aromatic carbocycles. The van der Waals surface area contributed by atoms with E-state index in [0.29, 0.717) is 34.9 Å². The Morgan fingerprint density at radius 1 is 0.215 bits per heavy atom. The summed E-state index contributed by atoms with van der Waals surface area (Å²) in [5.41, 5.74) is 20.3. The Morgan fingerprint density at radius 3 is 1.14 bits per heavy atom. The van der Waals surface area contributed by atoms with Crippen LogP contribution in [0.3, 0.4) is 0 Å². The van der Waals surface area contributed by atoms with Gasteiger partial charge in [-0.1, -0.05) is 255 Å². The molecule has 12 nitrogen and oxygen atoms in total. The van der Waals surface area contributed by atoms with E-state index in [1.165, 1.54) is 5.39 Å². The van der Waals surface area contributed by atoms with E-state index in [1.807, 2.05) is 164 Å². The Kier molecular flexibility index (Phi) is 14.3. The standard InChI is InChI=1S/C51H30N4O2.C44H27N5O/c1-2-13-31(14-3-1)49-52-50(54-51(53-49)40-22-12-26-46-47(40)39-19-6-9-25-45(39)56-46)33-15-10-16-34(29-33)55-42-23-7-4-17-36(42)41-30-32(27-28-43(41)55)35-20-11-21-38-37-18-5-8-24-44(37)57-48(35)38;1-3-12-28(13-4-1)42-46-43(29-14-5-2-6-15-29)48-44(47-42)31-23-25-40(45-27-31)49-37-20-9-7-16-33(37)36-26-30(22-24-38(36)49)32-18-11-19-35-34-17-8-10-21-39(34)50-41(32)35/h1-30H;1-27H. The number of rotatable bonds is 10. The molecule has 0 aliphatic heterocycles. The first kappa shape index (κ1) is 61.0. The highest BCUT2D eigenvalue weighted by Crippen LogP contribution is 2.44. The van der Waals surface area contributed by atoms with Gasteiger partial charge in [0.05, 0.1) is 22.1 Å². The van der Waals surface area contributed by atoms with Gasteiger partial charge in [0.2, 0.25) is 0 Å². The van der Waals surface area contributed by atoms with Crippen molar-refractivity contribution in [3.63, 3.8) is 0 Å². The Balaban J connectivity index is 0.000000138. The molecule has 0 radical (unpaired) electrons. The fourth-order valence-corrected chi connectivity index (χ4v) is 15.4. The van der Waals surface area contributed by atoms with Crippen LogP contribution in [0.5, 0.6) is 0 Å². The summed E-state index contributed by atoms with van der Waals surface area (Å²) in [6.45, 7) is 0. The van der Waals surface area contributed by atoms with Crippen LogP contribution in [0.4, 0.5) is 0 Å². The Morgan fingerprint density at radius 2 is 0.598 bits per heavy atom. The minimum absolute atomic E-state index is 0.573. The predicted molar refractivity (Wildman–Crippen MR) is 431 cm³/mol. The van der Waals surface area contributed by atoms with Gasteiger partial charge in [0, 0.05) is 110 Å². The molecular formula is C95H57N9O3. The van der Waals surface area contributed by atoms with Crippen molar-refractivity contribution in [1.29, 1.82) is 0 Å². The first-order chi connectivity index (χ1) is 53.0. The molecule has 0 amide bonds. The van der Waals surface area contributed by atoms with E-state index in [0.717, 1.165) is 171 Å². The van der Waals surface area contributed by atoms with Crippen molar-refractivity contribution < 1.29 is 13.3 Å². The monoisotopic (exact) mass is 1370 g/mol. The van der Waals surface area contributed by atoms with Gasteiger partial charge < -0.3 is 17.8 Å². The molecule has 500 valence electrons. The average Bonchev–Trinajstić information content (AvgIpc) is 1.58. The lowest BCUT2D eigenvalue weighted by Crippen LogP contribution is -2.01. The summed E-state index contributed by atoms with van der Waals surface area (Å²) in [5, 5.41) is 11.1. The van der Waals surface area contributed by atoms with E-state index in [-0.39, 0.29) is 0 Å². The van der Waals surface area contributed by atoms with Gasteiger partial charge in [0.25, 0.3) is 0 Å². The maximum absolute atomic E-state index is 6.45. The summed E-state index contributed by atoms with van der Waals surface area (Å²) >= 11 is 0. The number of furan rings is 3. The zero-order chi connectivity index (χ0) is 70.5. The van der Waals surface area contributed by atoms with Crippen molar-refractivity contribution in [3.05, 3.63) is 346 Å². The fourth-order valence-electron chi connectivity index (χ4n) is 15.4. The lowest BCUT2D eigenvalue weighted by molar-refractivity contribution is 0.669. The molecule has 0 aliphatic carbocycles. The average molecular weight is 1370 g/mol. The molecule has 0 unspecified atom stereocenters. The minimum atomic E-state index is 0.573. The second kappa shape index (κ2) is 25.1. The van der Waals surface area contributed by atoms with E-state index in [1.54, 1.807) is 0 Å². The Hall–Kier alpha value is -14.8. The molecule has 0 bridgehead atoms. The summed E-state index contributed by atoms with van der Waals surface area (Å²) in [6, 6.07) is 116. The summed E-state index contributed by atoms with van der Waals surface area (Å²) in [4.78, 5) is 35.0. The summed E-state index contributed by atoms with van der Waals surface area (Å²) in [7, 11) is 0. The topological polar surface area (TPSA) is 140 Å². The minimum Gasteiger partial charge on any atom is -0.456 e. The van der Waals surface area contributed by atoms with Crippen LogP contribution in [-0.2, 0) is 0 Å². The molecule has 107 heavy (non-hydrogen) atoms. The van der Waals surface area contributed by atoms with Crippen LogP contribution in [-0.4, -0.2) is 44.0 Å². The summed E-state index contributed by atoms with van der Waals surface area (Å²) in [5.74, 6) is 4.41. The highest BCUT2D eigenvalue weighted by molar-refractivity contribution is 6.16. The second-order valence-electron chi connectivity index (χ2n) is 26.7. The van der Waals surface area contributed by atoms with Gasteiger partial charge in [-0.25, -0.2) is 34.9 Å². The van der Waals surface area contributed by atoms with Crippen molar-refractivity contribution in [3.8, 4) is 102 Å². The van der Waals surface area contributed by atoms with Gasteiger partial charge in [-0.2, -0.15) is 0 Å². The van der Waals surface area contributed by atoms with E-state index in [4.69, 9.17) is 48.1 Å². The predicted octanol–water partition coefficient (Wildman–Crippen LogP) is 24.4. The van der Waals surface area contributed by atoms with Crippen molar-refractivity contribution in [2.75, 3.05) is 0 Å². The van der Waals surface area contributed by atoms with Crippen molar-refractivity contribution in [2.24, 2.45) is 0 Å². The maximum Gasteiger partial charge on any atom is 0.165 e. The highest BCUT2D eigenvalue weighted by Gasteiger charge is 2.23. The largest absolute Gasteiger partial charge is 0.456 e. The molecule has 0 N–H and O–H groups in total. The summed E-state index contributed by atoms with van der Waals surface area (Å²) in [6.07, 6.45) is 1.85. The molecule has 22 aromatic rings. The number of pyridine rings is 1. The zero-order valence-electron chi connectivity index (χ0n) is 57.2. The van der Waals surface area contributed by atoms with Crippen molar-refractivity contribution >= 4 is 109 Å². The van der Waals surface area contributed by atoms with Crippen LogP contribution in [0, 0.1) is 0 Å². The quantitative estimate of drug-likeness (QED) is 0.130. The van der Waals surface area contributed by atoms with Crippen LogP contribution in [0.1, 0.15) is 0 Å². The van der Waals surface area contributed by atoms with Gasteiger partial charge in [-0.15, -0.1) is 0 Å². The van der Waals surface area contributed by atoms with Crippen LogP contribution < -0.4 is 0 Å². The normalized spacial score (nSPS) is 11.7. The number of hydrogen-bond donors (Lipinski definition) is 0. The number of aromatic nitrogens is 9. The number of para-hydroxylation sites is 7. The third kappa shape index (κ3) is 10.4. The SMILES string of the molecule is c1ccc(-c2nc(-c3cccc(-n4c5ccccc5c5cc(-c6cccc7c6oc6ccccc67)ccc54)c3)nc(-c3cccc4oc5ccccc5c34)n2)cc1.c1ccc(-c2nc(-c3ccccc3)nc(-c3ccc(-n4c5ccccc5c5cc(-c6cccc7c6oc6ccccc67)ccc54)nc3)n2)cc1. The van der Waals surface area contributed by atoms with Gasteiger partial charge in [-0.05, 0) is 96.1 Å². The molecule has 12 heteroatoms. The zero-order valence-corrected chi connectivity index (χ0v) is 57.2. The Bertz CT molecular complexity index is 7200. The van der Waals surface area contributed by atoms with Crippen LogP contribution >= 0.6 is 0 Å². The van der Waals surface area contributed by atoms with E-state index < -0.39 is 0 Å². The smallest absolute Gasteiger partial charge is 0.165 e. The van der Waals surface area contributed by atoms with Gasteiger partial charge in [0.1, 0.15) is 39.3 Å². The van der Waals surface area contributed by atoms with Crippen LogP contribution in [0.15, 0.2) is 359 Å². The van der Waals surface area contributed by atoms with E-state index in [2.05, 4.69) is 191 Å². The third-order valence-electron chi connectivity index (χ3n) is 20.4. The molecule has 0 saturated heterocycles. The molecule has 8 heterocycles. The molecule has 22 rings (SSSR count). The summed E-state index contributed by atoms with van der Waals surface area (Å²) < 4.78 is 23.7. The molecule has 0 atom stereocenters. The number of benzene rings is 14.